The van der Waals surface area contributed by atoms with Crippen molar-refractivity contribution in [2.24, 2.45) is 5.92 Å². The molecule has 1 N–H and O–H groups in total. The molecule has 0 aromatic heterocycles. The zero-order valence-corrected chi connectivity index (χ0v) is 27.9. The van der Waals surface area contributed by atoms with Crippen molar-refractivity contribution in [3.63, 3.8) is 0 Å². The van der Waals surface area contributed by atoms with Gasteiger partial charge in [0.1, 0.15) is 24.2 Å². The summed E-state index contributed by atoms with van der Waals surface area (Å²) in [4.78, 5) is 42.5. The van der Waals surface area contributed by atoms with E-state index in [1.54, 1.807) is 19.1 Å². The van der Waals surface area contributed by atoms with E-state index in [9.17, 15) is 24.0 Å². The number of halogens is 1. The SMILES string of the molecule is CCCC(C(=O)NC=O)N1Cc2c(OCc3ccc(CN4CCN(/C(C)=C(F)/C=C(/C#N)CCC(C)C)CC4)cc3)cccc2C1=O. The van der Waals surface area contributed by atoms with E-state index in [1.165, 1.54) is 16.5 Å². The molecule has 0 aliphatic carbocycles. The van der Waals surface area contributed by atoms with Gasteiger partial charge >= 0.3 is 0 Å². The fourth-order valence-electron chi connectivity index (χ4n) is 5.98. The summed E-state index contributed by atoms with van der Waals surface area (Å²) in [5.74, 6) is 0.00800. The monoisotopic (exact) mass is 643 g/mol. The molecule has 2 aromatic carbocycles. The third-order valence-electron chi connectivity index (χ3n) is 8.85. The normalized spacial score (nSPS) is 16.4. The third kappa shape index (κ3) is 9.29. The van der Waals surface area contributed by atoms with Crippen molar-refractivity contribution in [1.82, 2.24) is 20.0 Å². The lowest BCUT2D eigenvalue weighted by Crippen LogP contribution is -2.46. The number of carbonyl (C=O) groups excluding carboxylic acids is 3. The maximum Gasteiger partial charge on any atom is 0.255 e. The first-order valence-electron chi connectivity index (χ1n) is 16.5. The van der Waals surface area contributed by atoms with E-state index in [0.29, 0.717) is 60.8 Å². The highest BCUT2D eigenvalue weighted by Gasteiger charge is 2.37. The second-order valence-electron chi connectivity index (χ2n) is 12.7. The number of nitrogens with zero attached hydrogens (tertiary/aromatic N) is 4. The molecule has 250 valence electrons. The minimum absolute atomic E-state index is 0.241. The molecule has 10 heteroatoms. The number of fused-ring (bicyclic) bond motifs is 1. The quantitative estimate of drug-likeness (QED) is 0.147. The number of rotatable bonds is 15. The summed E-state index contributed by atoms with van der Waals surface area (Å²) in [5, 5.41) is 11.6. The maximum absolute atomic E-state index is 15.0. The minimum atomic E-state index is -0.727. The van der Waals surface area contributed by atoms with Gasteiger partial charge in [-0.1, -0.05) is 57.5 Å². The molecule has 2 aliphatic heterocycles. The van der Waals surface area contributed by atoms with E-state index in [1.807, 2.05) is 25.1 Å². The number of nitriles is 1. The maximum atomic E-state index is 15.0. The summed E-state index contributed by atoms with van der Waals surface area (Å²) < 4.78 is 21.1. The van der Waals surface area contributed by atoms with Crippen molar-refractivity contribution in [1.29, 1.82) is 5.26 Å². The van der Waals surface area contributed by atoms with Crippen LogP contribution in [-0.2, 0) is 29.3 Å². The molecule has 0 radical (unpaired) electrons. The second-order valence-corrected chi connectivity index (χ2v) is 12.7. The van der Waals surface area contributed by atoms with E-state index >= 15 is 0 Å². The highest BCUT2D eigenvalue weighted by atomic mass is 19.1. The number of ether oxygens (including phenoxy) is 1. The van der Waals surface area contributed by atoms with E-state index in [4.69, 9.17) is 4.74 Å². The average molecular weight is 644 g/mol. The standard InChI is InChI=1S/C37H46FN5O4/c1-5-7-34(36(45)40-25-44)43-23-32-31(37(43)46)8-6-9-35(32)47-24-29-14-12-28(13-15-29)22-41-16-18-42(19-17-41)27(4)33(38)20-30(21-39)11-10-26(2)3/h6,8-9,12-15,20,25-26,34H,5,7,10-11,16-19,22-24H2,1-4H3,(H,40,44,45)/b30-20+,33-27-. The van der Waals surface area contributed by atoms with Crippen LogP contribution in [0.5, 0.6) is 5.75 Å². The van der Waals surface area contributed by atoms with Gasteiger partial charge in [-0.25, -0.2) is 4.39 Å². The Morgan fingerprint density at radius 3 is 2.43 bits per heavy atom. The molecule has 2 aliphatic rings. The van der Waals surface area contributed by atoms with Gasteiger partial charge < -0.3 is 14.5 Å². The Hall–Kier alpha value is -4.49. The Kier molecular flexibility index (Phi) is 12.7. The molecular weight excluding hydrogens is 597 g/mol. The van der Waals surface area contributed by atoms with Gasteiger partial charge in [0.15, 0.2) is 0 Å². The molecule has 2 heterocycles. The summed E-state index contributed by atoms with van der Waals surface area (Å²) in [6.07, 6.45) is 4.34. The Morgan fingerprint density at radius 2 is 1.79 bits per heavy atom. The van der Waals surface area contributed by atoms with Crippen LogP contribution in [0.2, 0.25) is 0 Å². The molecule has 0 bridgehead atoms. The first-order chi connectivity index (χ1) is 22.6. The molecule has 1 saturated heterocycles. The average Bonchev–Trinajstić information content (AvgIpc) is 3.41. The Balaban J connectivity index is 1.30. The summed E-state index contributed by atoms with van der Waals surface area (Å²) in [6.45, 7) is 12.3. The van der Waals surface area contributed by atoms with Crippen LogP contribution in [0.3, 0.4) is 0 Å². The van der Waals surface area contributed by atoms with E-state index in [2.05, 4.69) is 47.2 Å². The number of allylic oxidation sites excluding steroid dienone is 4. The van der Waals surface area contributed by atoms with Gasteiger partial charge in [0.2, 0.25) is 12.3 Å². The third-order valence-corrected chi connectivity index (χ3v) is 8.85. The van der Waals surface area contributed by atoms with Gasteiger partial charge in [-0.15, -0.1) is 0 Å². The molecule has 4 rings (SSSR count). The van der Waals surface area contributed by atoms with Gasteiger partial charge in [0, 0.05) is 55.1 Å². The van der Waals surface area contributed by atoms with Crippen molar-refractivity contribution in [3.05, 3.63) is 87.9 Å². The molecule has 1 unspecified atom stereocenters. The van der Waals surface area contributed by atoms with Gasteiger partial charge in [-0.3, -0.25) is 24.6 Å². The highest BCUT2D eigenvalue weighted by molar-refractivity contribution is 6.02. The number of piperazine rings is 1. The molecule has 0 saturated carbocycles. The minimum Gasteiger partial charge on any atom is -0.489 e. The van der Waals surface area contributed by atoms with Crippen molar-refractivity contribution >= 4 is 18.2 Å². The zero-order valence-electron chi connectivity index (χ0n) is 27.9. The number of benzene rings is 2. The predicted molar refractivity (Wildman–Crippen MR) is 178 cm³/mol. The van der Waals surface area contributed by atoms with Crippen molar-refractivity contribution in [2.75, 3.05) is 26.2 Å². The number of amides is 3. The number of hydrogen-bond acceptors (Lipinski definition) is 7. The molecule has 9 nitrogen and oxygen atoms in total. The lowest BCUT2D eigenvalue weighted by atomic mass is 10.0. The number of nitrogens with one attached hydrogen (secondary N) is 1. The van der Waals surface area contributed by atoms with Crippen molar-refractivity contribution in [2.45, 2.75) is 79.1 Å². The first-order valence-corrected chi connectivity index (χ1v) is 16.5. The van der Waals surface area contributed by atoms with Crippen LogP contribution in [0.1, 0.15) is 80.4 Å². The van der Waals surface area contributed by atoms with Crippen LogP contribution >= 0.6 is 0 Å². The Labute approximate surface area is 277 Å². The molecule has 47 heavy (non-hydrogen) atoms. The van der Waals surface area contributed by atoms with Crippen LogP contribution in [0.15, 0.2) is 65.6 Å². The summed E-state index contributed by atoms with van der Waals surface area (Å²) in [5.41, 5.74) is 4.47. The molecule has 1 fully saturated rings. The van der Waals surface area contributed by atoms with Crippen LogP contribution in [0, 0.1) is 17.2 Å². The fourth-order valence-corrected chi connectivity index (χ4v) is 5.98. The van der Waals surface area contributed by atoms with Gasteiger partial charge in [-0.05, 0) is 61.4 Å². The smallest absolute Gasteiger partial charge is 0.255 e. The lowest BCUT2D eigenvalue weighted by Gasteiger charge is -2.36. The van der Waals surface area contributed by atoms with Crippen LogP contribution in [-0.4, -0.2) is 65.1 Å². The largest absolute Gasteiger partial charge is 0.489 e. The molecule has 1 atom stereocenters. The zero-order chi connectivity index (χ0) is 33.9. The highest BCUT2D eigenvalue weighted by Crippen LogP contribution is 2.33. The molecule has 3 amide bonds. The lowest BCUT2D eigenvalue weighted by molar-refractivity contribution is -0.129. The van der Waals surface area contributed by atoms with Gasteiger partial charge in [0.25, 0.3) is 5.91 Å². The van der Waals surface area contributed by atoms with Crippen molar-refractivity contribution < 1.29 is 23.5 Å². The van der Waals surface area contributed by atoms with E-state index in [0.717, 1.165) is 50.3 Å². The second kappa shape index (κ2) is 16.9. The van der Waals surface area contributed by atoms with Gasteiger partial charge in [0.05, 0.1) is 12.6 Å². The van der Waals surface area contributed by atoms with E-state index in [-0.39, 0.29) is 18.3 Å². The number of hydrogen-bond donors (Lipinski definition) is 1. The van der Waals surface area contributed by atoms with Gasteiger partial charge in [-0.2, -0.15) is 5.26 Å². The van der Waals surface area contributed by atoms with Crippen molar-refractivity contribution in [3.8, 4) is 11.8 Å². The molecule has 0 spiro atoms. The number of carbonyl (C=O) groups is 3. The van der Waals surface area contributed by atoms with Crippen LogP contribution in [0.25, 0.3) is 0 Å². The summed E-state index contributed by atoms with van der Waals surface area (Å²) in [6, 6.07) is 15.0. The fraction of sp³-hybridized carbons (Fsp3) is 0.459. The molecular formula is C37H46FN5O4. The van der Waals surface area contributed by atoms with E-state index < -0.39 is 11.9 Å². The predicted octanol–water partition coefficient (Wildman–Crippen LogP) is 5.87. The first kappa shape index (κ1) is 35.4. The number of imide groups is 1. The van der Waals surface area contributed by atoms with Crippen LogP contribution in [0.4, 0.5) is 4.39 Å². The Morgan fingerprint density at radius 1 is 1.09 bits per heavy atom. The summed E-state index contributed by atoms with van der Waals surface area (Å²) in [7, 11) is 0. The van der Waals surface area contributed by atoms with Crippen LogP contribution < -0.4 is 10.1 Å². The Bertz CT molecular complexity index is 1520. The topological polar surface area (TPSA) is 106 Å². The summed E-state index contributed by atoms with van der Waals surface area (Å²) >= 11 is 0. The molecule has 2 aromatic rings.